The standard InChI is InChI=1S/C14H18O3S/c1-2-11-8-9-12(15)10-14(11)18(16,17)13-6-4-3-5-7-13/h3-7,10-12,15H,2,8-9H2,1H3/t11-,12-/m0/s1. The van der Waals surface area contributed by atoms with E-state index in [1.54, 1.807) is 30.3 Å². The minimum absolute atomic E-state index is 0.0265. The summed E-state index contributed by atoms with van der Waals surface area (Å²) in [5, 5.41) is 9.66. The van der Waals surface area contributed by atoms with Crippen LogP contribution in [0.1, 0.15) is 26.2 Å². The third kappa shape index (κ3) is 2.49. The van der Waals surface area contributed by atoms with Crippen LogP contribution in [-0.2, 0) is 9.84 Å². The molecule has 2 rings (SSSR count). The lowest BCUT2D eigenvalue weighted by Gasteiger charge is -2.25. The smallest absolute Gasteiger partial charge is 0.202 e. The van der Waals surface area contributed by atoms with Gasteiger partial charge >= 0.3 is 0 Å². The van der Waals surface area contributed by atoms with Crippen LogP contribution in [0.2, 0.25) is 0 Å². The summed E-state index contributed by atoms with van der Waals surface area (Å²) in [6, 6.07) is 8.43. The van der Waals surface area contributed by atoms with Gasteiger partial charge in [-0.25, -0.2) is 8.42 Å². The summed E-state index contributed by atoms with van der Waals surface area (Å²) in [5.74, 6) is 0.0265. The van der Waals surface area contributed by atoms with E-state index >= 15 is 0 Å². The molecule has 1 N–H and O–H groups in total. The highest BCUT2D eigenvalue weighted by Crippen LogP contribution is 2.34. The molecule has 3 nitrogen and oxygen atoms in total. The Kier molecular flexibility index (Phi) is 3.88. The summed E-state index contributed by atoms with van der Waals surface area (Å²) < 4.78 is 25.0. The second-order valence-corrected chi connectivity index (χ2v) is 6.59. The van der Waals surface area contributed by atoms with Gasteiger partial charge in [-0.05, 0) is 43.4 Å². The Morgan fingerprint density at radius 2 is 1.89 bits per heavy atom. The molecule has 0 amide bonds. The van der Waals surface area contributed by atoms with Crippen LogP contribution in [0.5, 0.6) is 0 Å². The molecule has 1 aromatic rings. The second kappa shape index (κ2) is 5.24. The first-order valence-electron chi connectivity index (χ1n) is 6.25. The first-order chi connectivity index (χ1) is 8.55. The van der Waals surface area contributed by atoms with Gasteiger partial charge in [0.15, 0.2) is 0 Å². The van der Waals surface area contributed by atoms with Crippen molar-refractivity contribution in [2.24, 2.45) is 5.92 Å². The number of aliphatic hydroxyl groups is 1. The normalized spacial score (nSPS) is 24.7. The van der Waals surface area contributed by atoms with E-state index in [4.69, 9.17) is 0 Å². The van der Waals surface area contributed by atoms with E-state index in [1.807, 2.05) is 6.92 Å². The van der Waals surface area contributed by atoms with E-state index < -0.39 is 15.9 Å². The zero-order valence-electron chi connectivity index (χ0n) is 10.4. The number of rotatable bonds is 3. The number of hydrogen-bond acceptors (Lipinski definition) is 3. The molecule has 0 radical (unpaired) electrons. The molecule has 0 saturated heterocycles. The van der Waals surface area contributed by atoms with Crippen molar-refractivity contribution in [3.63, 3.8) is 0 Å². The summed E-state index contributed by atoms with van der Waals surface area (Å²) >= 11 is 0. The third-order valence-corrected chi connectivity index (χ3v) is 5.41. The summed E-state index contributed by atoms with van der Waals surface area (Å²) in [7, 11) is -3.46. The van der Waals surface area contributed by atoms with Crippen molar-refractivity contribution in [2.75, 3.05) is 0 Å². The zero-order valence-corrected chi connectivity index (χ0v) is 11.2. The molecule has 4 heteroatoms. The van der Waals surface area contributed by atoms with E-state index in [9.17, 15) is 13.5 Å². The second-order valence-electron chi connectivity index (χ2n) is 4.64. The fraction of sp³-hybridized carbons (Fsp3) is 0.429. The molecule has 18 heavy (non-hydrogen) atoms. The average Bonchev–Trinajstić information content (AvgIpc) is 2.39. The van der Waals surface area contributed by atoms with E-state index in [1.165, 1.54) is 6.08 Å². The van der Waals surface area contributed by atoms with E-state index in [2.05, 4.69) is 0 Å². The monoisotopic (exact) mass is 266 g/mol. The molecular weight excluding hydrogens is 248 g/mol. The number of sulfone groups is 1. The Morgan fingerprint density at radius 3 is 2.50 bits per heavy atom. The van der Waals surface area contributed by atoms with Crippen molar-refractivity contribution in [3.8, 4) is 0 Å². The molecule has 0 saturated carbocycles. The Morgan fingerprint density at radius 1 is 1.22 bits per heavy atom. The van der Waals surface area contributed by atoms with Gasteiger partial charge in [-0.2, -0.15) is 0 Å². The molecule has 1 aliphatic rings. The fourth-order valence-corrected chi connectivity index (χ4v) is 4.22. The summed E-state index contributed by atoms with van der Waals surface area (Å²) in [6.07, 6.45) is 3.04. The molecule has 0 spiro atoms. The quantitative estimate of drug-likeness (QED) is 0.914. The molecule has 0 heterocycles. The van der Waals surface area contributed by atoms with Gasteiger partial charge in [0.2, 0.25) is 9.84 Å². The van der Waals surface area contributed by atoms with Crippen LogP contribution in [0.3, 0.4) is 0 Å². The Hall–Kier alpha value is -1.13. The minimum Gasteiger partial charge on any atom is -0.389 e. The molecule has 0 aromatic heterocycles. The number of benzene rings is 1. The highest BCUT2D eigenvalue weighted by Gasteiger charge is 2.30. The number of allylic oxidation sites excluding steroid dienone is 1. The molecule has 1 aliphatic carbocycles. The molecule has 0 bridgehead atoms. The summed E-state index contributed by atoms with van der Waals surface area (Å²) in [4.78, 5) is 0.693. The van der Waals surface area contributed by atoms with Crippen LogP contribution in [0, 0.1) is 5.92 Å². The van der Waals surface area contributed by atoms with Gasteiger partial charge in [0, 0.05) is 0 Å². The summed E-state index contributed by atoms with van der Waals surface area (Å²) in [6.45, 7) is 1.98. The van der Waals surface area contributed by atoms with Gasteiger partial charge in [0.05, 0.1) is 15.9 Å². The number of aliphatic hydroxyl groups excluding tert-OH is 1. The van der Waals surface area contributed by atoms with Crippen molar-refractivity contribution in [1.82, 2.24) is 0 Å². The van der Waals surface area contributed by atoms with Crippen molar-refractivity contribution in [1.29, 1.82) is 0 Å². The largest absolute Gasteiger partial charge is 0.389 e. The molecule has 0 unspecified atom stereocenters. The van der Waals surface area contributed by atoms with Gasteiger partial charge in [0.25, 0.3) is 0 Å². The van der Waals surface area contributed by atoms with Crippen LogP contribution in [-0.4, -0.2) is 19.6 Å². The Bertz CT molecular complexity index is 531. The molecular formula is C14H18O3S. The molecule has 2 atom stereocenters. The lowest BCUT2D eigenvalue weighted by atomic mass is 9.92. The first-order valence-corrected chi connectivity index (χ1v) is 7.74. The lowest BCUT2D eigenvalue weighted by molar-refractivity contribution is 0.192. The van der Waals surface area contributed by atoms with Gasteiger partial charge in [0.1, 0.15) is 0 Å². The van der Waals surface area contributed by atoms with E-state index in [-0.39, 0.29) is 5.92 Å². The number of hydrogen-bond donors (Lipinski definition) is 1. The highest BCUT2D eigenvalue weighted by molar-refractivity contribution is 7.95. The SMILES string of the molecule is CC[C@H]1CC[C@H](O)C=C1S(=O)(=O)c1ccccc1. The lowest BCUT2D eigenvalue weighted by Crippen LogP contribution is -2.22. The van der Waals surface area contributed by atoms with Crippen molar-refractivity contribution < 1.29 is 13.5 Å². The van der Waals surface area contributed by atoms with Gasteiger partial charge in [-0.1, -0.05) is 25.1 Å². The fourth-order valence-electron chi connectivity index (χ4n) is 2.37. The van der Waals surface area contributed by atoms with Crippen LogP contribution < -0.4 is 0 Å². The Balaban J connectivity index is 2.46. The minimum atomic E-state index is -3.46. The maximum atomic E-state index is 12.5. The Labute approximate surface area is 108 Å². The molecule has 0 fully saturated rings. The molecule has 0 aliphatic heterocycles. The van der Waals surface area contributed by atoms with Gasteiger partial charge in [-0.15, -0.1) is 0 Å². The van der Waals surface area contributed by atoms with E-state index in [0.29, 0.717) is 16.2 Å². The first kappa shape index (κ1) is 13.3. The molecule has 1 aromatic carbocycles. The maximum Gasteiger partial charge on any atom is 0.202 e. The summed E-state index contributed by atoms with van der Waals surface area (Å²) in [5.41, 5.74) is 0. The van der Waals surface area contributed by atoms with Crippen LogP contribution in [0.4, 0.5) is 0 Å². The predicted molar refractivity (Wildman–Crippen MR) is 70.7 cm³/mol. The van der Waals surface area contributed by atoms with Crippen LogP contribution in [0.25, 0.3) is 0 Å². The topological polar surface area (TPSA) is 54.4 Å². The predicted octanol–water partition coefficient (Wildman–Crippen LogP) is 2.53. The zero-order chi connectivity index (χ0) is 13.2. The van der Waals surface area contributed by atoms with Crippen molar-refractivity contribution >= 4 is 9.84 Å². The maximum absolute atomic E-state index is 12.5. The van der Waals surface area contributed by atoms with Crippen molar-refractivity contribution in [3.05, 3.63) is 41.3 Å². The average molecular weight is 266 g/mol. The van der Waals surface area contributed by atoms with Gasteiger partial charge < -0.3 is 5.11 Å². The highest BCUT2D eigenvalue weighted by atomic mass is 32.2. The van der Waals surface area contributed by atoms with E-state index in [0.717, 1.165) is 12.8 Å². The van der Waals surface area contributed by atoms with Gasteiger partial charge in [-0.3, -0.25) is 0 Å². The van der Waals surface area contributed by atoms with Crippen molar-refractivity contribution in [2.45, 2.75) is 37.2 Å². The molecule has 98 valence electrons. The van der Waals surface area contributed by atoms with Crippen LogP contribution in [0.15, 0.2) is 46.2 Å². The van der Waals surface area contributed by atoms with Crippen LogP contribution >= 0.6 is 0 Å². The third-order valence-electron chi connectivity index (χ3n) is 3.43.